The van der Waals surface area contributed by atoms with Gasteiger partial charge in [-0.15, -0.1) is 0 Å². The second-order valence-electron chi connectivity index (χ2n) is 14.2. The monoisotopic (exact) mass is 678 g/mol. The van der Waals surface area contributed by atoms with Crippen LogP contribution in [0.2, 0.25) is 0 Å². The van der Waals surface area contributed by atoms with Gasteiger partial charge in [-0.1, -0.05) is 58.4 Å². The van der Waals surface area contributed by atoms with E-state index in [-0.39, 0.29) is 17.8 Å². The second-order valence-corrected chi connectivity index (χ2v) is 15.1. The number of aryl methyl sites for hydroxylation is 1. The van der Waals surface area contributed by atoms with Crippen LogP contribution < -0.4 is 5.32 Å². The highest BCUT2D eigenvalue weighted by molar-refractivity contribution is 9.10. The predicted octanol–water partition coefficient (Wildman–Crippen LogP) is 8.42. The first kappa shape index (κ1) is 30.6. The summed E-state index contributed by atoms with van der Waals surface area (Å²) in [5.41, 5.74) is 4.42. The van der Waals surface area contributed by atoms with Crippen molar-refractivity contribution >= 4 is 49.6 Å². The zero-order valence-corrected chi connectivity index (χ0v) is 28.6. The third-order valence-electron chi connectivity index (χ3n) is 10.2. The van der Waals surface area contributed by atoms with E-state index in [1.807, 2.05) is 94.2 Å². The summed E-state index contributed by atoms with van der Waals surface area (Å²) in [5, 5.41) is 10.1. The SMILES string of the molecule is Cc1c(-c2ccccc2)nc2ccc(Br)cc2c1C(=O)NC12CCC(C(=O)OC(C)(C)C)(CC1)CC2c1cccc2c1cnn2C. The van der Waals surface area contributed by atoms with Crippen molar-refractivity contribution in [3.63, 3.8) is 0 Å². The predicted molar refractivity (Wildman–Crippen MR) is 185 cm³/mol. The Bertz CT molecular complexity index is 2000. The normalized spacial score (nSPS) is 22.7. The van der Waals surface area contributed by atoms with E-state index in [1.165, 1.54) is 0 Å². The van der Waals surface area contributed by atoms with Crippen molar-refractivity contribution in [2.24, 2.45) is 12.5 Å². The Hall–Kier alpha value is -4.04. The number of fused-ring (bicyclic) bond motifs is 5. The number of pyridine rings is 1. The molecule has 8 heteroatoms. The highest BCUT2D eigenvalue weighted by atomic mass is 79.9. The lowest BCUT2D eigenvalue weighted by Gasteiger charge is -2.57. The number of carbonyl (C=O) groups excluding carboxylic acids is 2. The van der Waals surface area contributed by atoms with Gasteiger partial charge in [0, 0.05) is 39.3 Å². The van der Waals surface area contributed by atoms with E-state index in [9.17, 15) is 9.59 Å². The molecule has 2 bridgehead atoms. The van der Waals surface area contributed by atoms with Gasteiger partial charge in [0.25, 0.3) is 5.91 Å². The largest absolute Gasteiger partial charge is 0.460 e. The Balaban J connectivity index is 1.35. The van der Waals surface area contributed by atoms with E-state index in [1.54, 1.807) is 0 Å². The van der Waals surface area contributed by atoms with Crippen LogP contribution in [0.4, 0.5) is 0 Å². The van der Waals surface area contributed by atoms with Crippen LogP contribution in [0.1, 0.15) is 80.3 Å². The summed E-state index contributed by atoms with van der Waals surface area (Å²) in [6.45, 7) is 7.77. The van der Waals surface area contributed by atoms with E-state index in [4.69, 9.17) is 9.72 Å². The van der Waals surface area contributed by atoms with Crippen LogP contribution in [0, 0.1) is 12.3 Å². The van der Waals surface area contributed by atoms with Crippen LogP contribution in [0.3, 0.4) is 0 Å². The Labute approximate surface area is 277 Å². The molecule has 3 aliphatic rings. The van der Waals surface area contributed by atoms with Crippen LogP contribution in [0.5, 0.6) is 0 Å². The average molecular weight is 680 g/mol. The number of amides is 1. The number of halogens is 1. The molecule has 3 fully saturated rings. The third-order valence-corrected chi connectivity index (χ3v) is 10.7. The third kappa shape index (κ3) is 5.11. The maximum atomic E-state index is 14.8. The average Bonchev–Trinajstić information content (AvgIpc) is 3.41. The fourth-order valence-corrected chi connectivity index (χ4v) is 8.26. The molecular formula is C38H39BrN4O3. The minimum absolute atomic E-state index is 0.104. The highest BCUT2D eigenvalue weighted by Gasteiger charge is 2.59. The number of benzene rings is 3. The molecule has 1 N–H and O–H groups in total. The number of esters is 1. The molecule has 3 aromatic carbocycles. The Morgan fingerprint density at radius 3 is 2.43 bits per heavy atom. The van der Waals surface area contributed by atoms with Gasteiger partial charge in [0.05, 0.1) is 33.9 Å². The summed E-state index contributed by atoms with van der Waals surface area (Å²) in [6.07, 6.45) is 5.20. The Kier molecular flexibility index (Phi) is 7.35. The molecule has 5 aromatic rings. The molecule has 7 nitrogen and oxygen atoms in total. The molecule has 236 valence electrons. The molecule has 3 saturated carbocycles. The van der Waals surface area contributed by atoms with Crippen molar-refractivity contribution in [2.75, 3.05) is 0 Å². The summed E-state index contributed by atoms with van der Waals surface area (Å²) in [5.74, 6) is -0.348. The zero-order valence-electron chi connectivity index (χ0n) is 27.0. The standard InChI is InChI=1S/C38H39BrN4O3/c1-23-32(27-20-25(39)14-15-30(27)41-33(23)24-10-7-6-8-11-24)34(44)42-38-18-16-37(17-19-38,35(45)46-36(2,3)4)21-29(38)26-12-9-13-31-28(26)22-40-43(31)5/h6-15,20,22,29H,16-19,21H2,1-5H3,(H,42,44). The molecule has 8 rings (SSSR count). The second kappa shape index (κ2) is 11.0. The van der Waals surface area contributed by atoms with Crippen LogP contribution >= 0.6 is 15.9 Å². The van der Waals surface area contributed by atoms with Crippen LogP contribution in [-0.2, 0) is 16.6 Å². The molecule has 1 amide bonds. The fourth-order valence-electron chi connectivity index (χ4n) is 7.90. The first-order chi connectivity index (χ1) is 21.9. The van der Waals surface area contributed by atoms with Crippen molar-refractivity contribution in [3.05, 3.63) is 94.1 Å². The molecule has 0 aliphatic heterocycles. The van der Waals surface area contributed by atoms with E-state index in [0.717, 1.165) is 48.7 Å². The topological polar surface area (TPSA) is 86.1 Å². The van der Waals surface area contributed by atoms with Gasteiger partial charge in [-0.05, 0) is 95.2 Å². The first-order valence-corrected chi connectivity index (χ1v) is 16.8. The Morgan fingerprint density at radius 1 is 0.978 bits per heavy atom. The fraction of sp³-hybridized carbons (Fsp3) is 0.368. The van der Waals surface area contributed by atoms with Gasteiger partial charge in [-0.2, -0.15) is 5.10 Å². The van der Waals surface area contributed by atoms with Gasteiger partial charge in [0.2, 0.25) is 0 Å². The molecule has 1 atom stereocenters. The van der Waals surface area contributed by atoms with E-state index in [0.29, 0.717) is 37.7 Å². The lowest BCUT2D eigenvalue weighted by atomic mass is 9.51. The Morgan fingerprint density at radius 2 is 1.72 bits per heavy atom. The maximum Gasteiger partial charge on any atom is 0.312 e. The van der Waals surface area contributed by atoms with Crippen LogP contribution in [0.15, 0.2) is 77.4 Å². The minimum Gasteiger partial charge on any atom is -0.460 e. The van der Waals surface area contributed by atoms with Crippen molar-refractivity contribution in [2.45, 2.75) is 76.9 Å². The molecule has 3 aliphatic carbocycles. The number of hydrogen-bond acceptors (Lipinski definition) is 5. The molecule has 46 heavy (non-hydrogen) atoms. The molecule has 2 heterocycles. The summed E-state index contributed by atoms with van der Waals surface area (Å²) in [7, 11) is 1.94. The molecule has 0 radical (unpaired) electrons. The smallest absolute Gasteiger partial charge is 0.312 e. The summed E-state index contributed by atoms with van der Waals surface area (Å²) < 4.78 is 8.80. The van der Waals surface area contributed by atoms with Gasteiger partial charge < -0.3 is 10.1 Å². The summed E-state index contributed by atoms with van der Waals surface area (Å²) in [4.78, 5) is 33.7. The molecular weight excluding hydrogens is 640 g/mol. The van der Waals surface area contributed by atoms with E-state index in [2.05, 4.69) is 44.5 Å². The van der Waals surface area contributed by atoms with Crippen molar-refractivity contribution in [1.29, 1.82) is 0 Å². The maximum absolute atomic E-state index is 14.8. The number of nitrogens with zero attached hydrogens (tertiary/aromatic N) is 3. The van der Waals surface area contributed by atoms with Crippen molar-refractivity contribution in [3.8, 4) is 11.3 Å². The first-order valence-electron chi connectivity index (χ1n) is 16.0. The van der Waals surface area contributed by atoms with Crippen molar-refractivity contribution in [1.82, 2.24) is 20.1 Å². The van der Waals surface area contributed by atoms with Gasteiger partial charge >= 0.3 is 5.97 Å². The highest BCUT2D eigenvalue weighted by Crippen LogP contribution is 2.60. The van der Waals surface area contributed by atoms with E-state index < -0.39 is 16.6 Å². The minimum atomic E-state index is -0.598. The van der Waals surface area contributed by atoms with Gasteiger partial charge in [-0.25, -0.2) is 4.98 Å². The summed E-state index contributed by atoms with van der Waals surface area (Å²) >= 11 is 3.63. The molecule has 2 aromatic heterocycles. The van der Waals surface area contributed by atoms with Crippen LogP contribution in [0.25, 0.3) is 33.1 Å². The number of hydrogen-bond donors (Lipinski definition) is 1. The lowest BCUT2D eigenvalue weighted by molar-refractivity contribution is -0.176. The lowest BCUT2D eigenvalue weighted by Crippen LogP contribution is -2.62. The zero-order chi connectivity index (χ0) is 32.4. The van der Waals surface area contributed by atoms with Gasteiger partial charge in [-0.3, -0.25) is 14.3 Å². The number of carbonyl (C=O) groups is 2. The molecule has 1 unspecified atom stereocenters. The number of nitrogens with one attached hydrogen (secondary N) is 1. The van der Waals surface area contributed by atoms with Gasteiger partial charge in [0.15, 0.2) is 0 Å². The van der Waals surface area contributed by atoms with E-state index >= 15 is 0 Å². The number of aromatic nitrogens is 3. The molecule has 0 spiro atoms. The number of ether oxygens (including phenoxy) is 1. The summed E-state index contributed by atoms with van der Waals surface area (Å²) in [6, 6.07) is 22.2. The van der Waals surface area contributed by atoms with Crippen LogP contribution in [-0.4, -0.2) is 37.8 Å². The molecule has 0 saturated heterocycles. The van der Waals surface area contributed by atoms with Gasteiger partial charge in [0.1, 0.15) is 5.60 Å². The number of rotatable bonds is 5. The quantitative estimate of drug-likeness (QED) is 0.189. The van der Waals surface area contributed by atoms with Crippen molar-refractivity contribution < 1.29 is 14.3 Å².